The molecule has 4 N–H and O–H groups in total. The maximum atomic E-state index is 12.8. The van der Waals surface area contributed by atoms with Crippen LogP contribution in [0.3, 0.4) is 0 Å². The Morgan fingerprint density at radius 2 is 1.05 bits per heavy atom. The molecular formula is C47H76O12S. The summed E-state index contributed by atoms with van der Waals surface area (Å²) in [7, 11) is -4.61. The molecule has 0 radical (unpaired) electrons. The van der Waals surface area contributed by atoms with Crippen molar-refractivity contribution in [2.24, 2.45) is 0 Å². The highest BCUT2D eigenvalue weighted by Crippen LogP contribution is 2.24. The standard InChI is InChI=1S/C47H76O12S/c1-3-5-7-9-11-13-15-17-19-20-22-23-25-27-29-31-33-35-42(48)56-37-40(38-57-47-46(52)45(51)44(50)41(59-47)39-60(53,54)55)58-43(49)36-34-32-30-28-26-24-21-18-16-14-12-10-8-6-4-2/h6-9,12-15,18-21,23,25,40-41,44-47,50-52H,3-5,10-11,16-17,22,24,26-39H2,1-2H3,(H,53,54,55)/b8-6+,9-7+,14-12+,15-13+,20-19+,21-18+,25-23+/t40-,41-,44-,45?,46?,47+/m1/s1. The Hall–Kier alpha value is -3.17. The minimum atomic E-state index is -4.61. The van der Waals surface area contributed by atoms with Crippen molar-refractivity contribution in [3.63, 3.8) is 0 Å². The molecule has 2 unspecified atom stereocenters. The van der Waals surface area contributed by atoms with E-state index in [0.29, 0.717) is 12.8 Å². The summed E-state index contributed by atoms with van der Waals surface area (Å²) in [4.78, 5) is 25.4. The van der Waals surface area contributed by atoms with Crippen molar-refractivity contribution in [3.8, 4) is 0 Å². The van der Waals surface area contributed by atoms with Gasteiger partial charge in [-0.3, -0.25) is 14.1 Å². The number of unbranched alkanes of at least 4 members (excludes halogenated alkanes) is 9. The van der Waals surface area contributed by atoms with Crippen LogP contribution in [-0.2, 0) is 38.7 Å². The number of carbonyl (C=O) groups excluding carboxylic acids is 2. The molecule has 342 valence electrons. The summed E-state index contributed by atoms with van der Waals surface area (Å²) in [6, 6.07) is 0. The maximum absolute atomic E-state index is 12.8. The SMILES string of the molecule is CC/C=C/C/C=C/C/C=C/CCCCCCCC(=O)O[C@H](COC(=O)CCCCC/C=C/C/C=C/C/C=C/C/C=C/CCC)CO[C@H]1O[C@H](CS(=O)(=O)O)[C@@H](O)C(O)C1O. The van der Waals surface area contributed by atoms with E-state index in [-0.39, 0.29) is 19.4 Å². The quantitative estimate of drug-likeness (QED) is 0.0206. The van der Waals surface area contributed by atoms with Crippen molar-refractivity contribution >= 4 is 22.1 Å². The lowest BCUT2D eigenvalue weighted by atomic mass is 10.00. The Kier molecular flexibility index (Phi) is 33.3. The van der Waals surface area contributed by atoms with Crippen LogP contribution in [0.5, 0.6) is 0 Å². The van der Waals surface area contributed by atoms with Crippen LogP contribution >= 0.6 is 0 Å². The van der Waals surface area contributed by atoms with Gasteiger partial charge in [-0.05, 0) is 83.5 Å². The molecule has 0 aromatic rings. The summed E-state index contributed by atoms with van der Waals surface area (Å²) in [5, 5.41) is 30.9. The Morgan fingerprint density at radius 1 is 0.583 bits per heavy atom. The van der Waals surface area contributed by atoms with Gasteiger partial charge in [-0.1, -0.05) is 131 Å². The number of aliphatic hydroxyl groups is 3. The Balaban J connectivity index is 2.50. The molecule has 60 heavy (non-hydrogen) atoms. The summed E-state index contributed by atoms with van der Waals surface area (Å²) < 4.78 is 54.0. The van der Waals surface area contributed by atoms with E-state index in [4.69, 9.17) is 18.9 Å². The third-order valence-electron chi connectivity index (χ3n) is 9.44. The molecule has 0 saturated carbocycles. The molecule has 0 aromatic carbocycles. The Morgan fingerprint density at radius 3 is 1.58 bits per heavy atom. The molecule has 1 rings (SSSR count). The second-order valence-corrected chi connectivity index (χ2v) is 16.5. The summed E-state index contributed by atoms with van der Waals surface area (Å²) in [6.45, 7) is 3.52. The monoisotopic (exact) mass is 865 g/mol. The molecule has 0 amide bonds. The lowest BCUT2D eigenvalue weighted by Crippen LogP contribution is -2.60. The van der Waals surface area contributed by atoms with Gasteiger partial charge in [-0.2, -0.15) is 8.42 Å². The lowest BCUT2D eigenvalue weighted by molar-refractivity contribution is -0.297. The second kappa shape index (κ2) is 36.5. The highest BCUT2D eigenvalue weighted by molar-refractivity contribution is 7.85. The predicted molar refractivity (Wildman–Crippen MR) is 238 cm³/mol. The van der Waals surface area contributed by atoms with Crippen molar-refractivity contribution in [3.05, 3.63) is 85.1 Å². The molecule has 0 aliphatic carbocycles. The van der Waals surface area contributed by atoms with Crippen LogP contribution in [0.4, 0.5) is 0 Å². The second-order valence-electron chi connectivity index (χ2n) is 15.0. The first-order chi connectivity index (χ1) is 29.0. The van der Waals surface area contributed by atoms with Crippen molar-refractivity contribution in [2.75, 3.05) is 19.0 Å². The number of hydrogen-bond acceptors (Lipinski definition) is 11. The topological polar surface area (TPSA) is 186 Å². The van der Waals surface area contributed by atoms with E-state index in [0.717, 1.165) is 96.3 Å². The van der Waals surface area contributed by atoms with E-state index < -0.39 is 71.2 Å². The highest BCUT2D eigenvalue weighted by atomic mass is 32.2. The summed E-state index contributed by atoms with van der Waals surface area (Å²) >= 11 is 0. The fourth-order valence-electron chi connectivity index (χ4n) is 6.03. The number of rotatable bonds is 35. The molecule has 1 aliphatic rings. The lowest BCUT2D eigenvalue weighted by Gasteiger charge is -2.40. The smallest absolute Gasteiger partial charge is 0.306 e. The molecule has 1 aliphatic heterocycles. The minimum absolute atomic E-state index is 0.132. The van der Waals surface area contributed by atoms with Gasteiger partial charge in [-0.25, -0.2) is 0 Å². The van der Waals surface area contributed by atoms with Crippen LogP contribution in [-0.4, -0.2) is 96.0 Å². The molecule has 1 fully saturated rings. The molecule has 0 bridgehead atoms. The number of aliphatic hydroxyl groups excluding tert-OH is 3. The molecular weight excluding hydrogens is 789 g/mol. The molecule has 6 atom stereocenters. The van der Waals surface area contributed by atoms with Crippen molar-refractivity contribution in [1.29, 1.82) is 0 Å². The summed E-state index contributed by atoms with van der Waals surface area (Å²) in [5.41, 5.74) is 0. The van der Waals surface area contributed by atoms with Crippen molar-refractivity contribution in [2.45, 2.75) is 179 Å². The first-order valence-electron chi connectivity index (χ1n) is 22.1. The number of carbonyl (C=O) groups is 2. The largest absolute Gasteiger partial charge is 0.462 e. The van der Waals surface area contributed by atoms with Crippen LogP contribution in [0.2, 0.25) is 0 Å². The molecule has 1 heterocycles. The molecule has 13 heteroatoms. The molecule has 0 spiro atoms. The van der Waals surface area contributed by atoms with Gasteiger partial charge in [0, 0.05) is 12.8 Å². The fourth-order valence-corrected chi connectivity index (χ4v) is 6.72. The summed E-state index contributed by atoms with van der Waals surface area (Å²) in [6.07, 6.45) is 37.7. The van der Waals surface area contributed by atoms with Gasteiger partial charge in [0.25, 0.3) is 10.1 Å². The zero-order valence-corrected chi connectivity index (χ0v) is 37.1. The maximum Gasteiger partial charge on any atom is 0.306 e. The van der Waals surface area contributed by atoms with Crippen LogP contribution in [0, 0.1) is 0 Å². The zero-order chi connectivity index (χ0) is 44.1. The average molecular weight is 865 g/mol. The van der Waals surface area contributed by atoms with Gasteiger partial charge >= 0.3 is 11.9 Å². The highest BCUT2D eigenvalue weighted by Gasteiger charge is 2.46. The van der Waals surface area contributed by atoms with Gasteiger partial charge in [0.1, 0.15) is 36.8 Å². The Labute approximate surface area is 360 Å². The van der Waals surface area contributed by atoms with Gasteiger partial charge < -0.3 is 34.3 Å². The number of ether oxygens (including phenoxy) is 4. The van der Waals surface area contributed by atoms with E-state index in [1.807, 2.05) is 0 Å². The fraction of sp³-hybridized carbons (Fsp3) is 0.660. The molecule has 0 aromatic heterocycles. The van der Waals surface area contributed by atoms with Gasteiger partial charge in [0.15, 0.2) is 12.4 Å². The minimum Gasteiger partial charge on any atom is -0.462 e. The Bertz CT molecular complexity index is 1430. The van der Waals surface area contributed by atoms with Gasteiger partial charge in [-0.15, -0.1) is 0 Å². The number of esters is 2. The van der Waals surface area contributed by atoms with Crippen LogP contribution in [0.15, 0.2) is 85.1 Å². The summed E-state index contributed by atoms with van der Waals surface area (Å²) in [5.74, 6) is -2.06. The van der Waals surface area contributed by atoms with Crippen molar-refractivity contribution in [1.82, 2.24) is 0 Å². The normalized spacial score (nSPS) is 20.9. The van der Waals surface area contributed by atoms with Crippen molar-refractivity contribution < 1.29 is 56.8 Å². The zero-order valence-electron chi connectivity index (χ0n) is 36.3. The third kappa shape index (κ3) is 30.8. The predicted octanol–water partition coefficient (Wildman–Crippen LogP) is 8.89. The van der Waals surface area contributed by atoms with E-state index >= 15 is 0 Å². The average Bonchev–Trinajstić information content (AvgIpc) is 3.21. The first kappa shape index (κ1) is 54.8. The van der Waals surface area contributed by atoms with E-state index in [9.17, 15) is 37.9 Å². The molecule has 1 saturated heterocycles. The first-order valence-corrected chi connectivity index (χ1v) is 23.8. The van der Waals surface area contributed by atoms with Crippen LogP contribution < -0.4 is 0 Å². The molecule has 12 nitrogen and oxygen atoms in total. The van der Waals surface area contributed by atoms with E-state index in [2.05, 4.69) is 98.9 Å². The number of hydrogen-bond donors (Lipinski definition) is 4. The van der Waals surface area contributed by atoms with Gasteiger partial charge in [0.05, 0.1) is 6.61 Å². The van der Waals surface area contributed by atoms with Gasteiger partial charge in [0.2, 0.25) is 0 Å². The van der Waals surface area contributed by atoms with E-state index in [1.54, 1.807) is 0 Å². The van der Waals surface area contributed by atoms with E-state index in [1.165, 1.54) is 6.42 Å². The van der Waals surface area contributed by atoms with Crippen LogP contribution in [0.25, 0.3) is 0 Å². The third-order valence-corrected chi connectivity index (χ3v) is 10.2. The van der Waals surface area contributed by atoms with Crippen LogP contribution in [0.1, 0.15) is 142 Å². The number of allylic oxidation sites excluding steroid dienone is 14.